The Kier molecular flexibility index (Phi) is 5.13. The van der Waals surface area contributed by atoms with E-state index in [0.717, 1.165) is 10.6 Å². The molecule has 0 N–H and O–H groups in total. The molecule has 0 radical (unpaired) electrons. The van der Waals surface area contributed by atoms with E-state index in [1.165, 1.54) is 27.5 Å². The van der Waals surface area contributed by atoms with Gasteiger partial charge in [0.2, 0.25) is 5.75 Å². The number of anilines is 1. The van der Waals surface area contributed by atoms with Crippen LogP contribution < -0.4 is 19.1 Å². The fourth-order valence-electron chi connectivity index (χ4n) is 4.15. The summed E-state index contributed by atoms with van der Waals surface area (Å²) in [4.78, 5) is 32.5. The maximum atomic E-state index is 13.6. The number of nitrogens with zero attached hydrogens (tertiary/aromatic N) is 4. The van der Waals surface area contributed by atoms with Gasteiger partial charge in [0.25, 0.3) is 11.8 Å². The maximum absolute atomic E-state index is 13.6. The van der Waals surface area contributed by atoms with Gasteiger partial charge >= 0.3 is 0 Å². The van der Waals surface area contributed by atoms with Crippen LogP contribution in [0.4, 0.5) is 5.69 Å². The predicted octanol–water partition coefficient (Wildman–Crippen LogP) is 4.21. The van der Waals surface area contributed by atoms with Gasteiger partial charge in [-0.2, -0.15) is 5.10 Å². The summed E-state index contributed by atoms with van der Waals surface area (Å²) in [5.74, 6) is 0.0177. The largest absolute Gasteiger partial charge is 0.493 e. The molecular weight excluding hydrogens is 460 g/mol. The van der Waals surface area contributed by atoms with E-state index in [-0.39, 0.29) is 16.8 Å². The monoisotopic (exact) mass is 478 g/mol. The summed E-state index contributed by atoms with van der Waals surface area (Å²) in [6.07, 6.45) is 1.41. The third-order valence-electron chi connectivity index (χ3n) is 5.70. The van der Waals surface area contributed by atoms with Crippen molar-refractivity contribution in [2.24, 2.45) is 0 Å². The van der Waals surface area contributed by atoms with Gasteiger partial charge in [-0.25, -0.2) is 14.6 Å². The van der Waals surface area contributed by atoms with Crippen LogP contribution in [0.5, 0.6) is 17.2 Å². The van der Waals surface area contributed by atoms with Gasteiger partial charge in [-0.15, -0.1) is 0 Å². The zero-order valence-corrected chi connectivity index (χ0v) is 19.5. The summed E-state index contributed by atoms with van der Waals surface area (Å²) in [5, 5.41) is 5.68. The number of hydrogen-bond donors (Lipinski definition) is 0. The van der Waals surface area contributed by atoms with Crippen molar-refractivity contribution in [1.29, 1.82) is 0 Å². The highest BCUT2D eigenvalue weighted by Crippen LogP contribution is 2.43. The number of aromatic nitrogens is 3. The van der Waals surface area contributed by atoms with Crippen molar-refractivity contribution >= 4 is 40.1 Å². The summed E-state index contributed by atoms with van der Waals surface area (Å²) in [6.45, 7) is 1.77. The highest BCUT2D eigenvalue weighted by Gasteiger charge is 2.40. The van der Waals surface area contributed by atoms with Gasteiger partial charge in [-0.1, -0.05) is 11.6 Å². The molecule has 0 spiro atoms. The van der Waals surface area contributed by atoms with Gasteiger partial charge in [0, 0.05) is 23.4 Å². The fourth-order valence-corrected chi connectivity index (χ4v) is 4.28. The molecule has 0 saturated carbocycles. The highest BCUT2D eigenvalue weighted by atomic mass is 35.5. The number of imide groups is 1. The Morgan fingerprint density at radius 2 is 1.53 bits per heavy atom. The Balaban J connectivity index is 1.68. The predicted molar refractivity (Wildman–Crippen MR) is 126 cm³/mol. The maximum Gasteiger partial charge on any atom is 0.267 e. The number of carbonyl (C=O) groups is 2. The lowest BCUT2D eigenvalue weighted by Crippen LogP contribution is -2.29. The summed E-state index contributed by atoms with van der Waals surface area (Å²) in [6, 6.07) is 10.2. The van der Waals surface area contributed by atoms with Crippen molar-refractivity contribution in [1.82, 2.24) is 14.8 Å². The van der Waals surface area contributed by atoms with E-state index >= 15 is 0 Å². The van der Waals surface area contributed by atoms with E-state index in [2.05, 4.69) is 10.1 Å². The molecule has 5 rings (SSSR count). The molecule has 34 heavy (non-hydrogen) atoms. The van der Waals surface area contributed by atoms with Crippen molar-refractivity contribution in [2.75, 3.05) is 26.2 Å². The SMILES string of the molecule is COc1cc(N2C(=O)c3cnc4c(c(C)nn4-c4ccc(Cl)cc4)c3C2=O)cc(OC)c1OC. The van der Waals surface area contributed by atoms with E-state index < -0.39 is 11.8 Å². The van der Waals surface area contributed by atoms with Crippen LogP contribution in [0.15, 0.2) is 42.6 Å². The first kappa shape index (κ1) is 21.7. The summed E-state index contributed by atoms with van der Waals surface area (Å²) in [5.41, 5.74) is 2.50. The van der Waals surface area contributed by atoms with Gasteiger partial charge in [0.05, 0.1) is 54.9 Å². The minimum absolute atomic E-state index is 0.199. The van der Waals surface area contributed by atoms with Gasteiger partial charge in [-0.05, 0) is 31.2 Å². The summed E-state index contributed by atoms with van der Waals surface area (Å²) >= 11 is 6.01. The molecule has 4 aromatic rings. The molecule has 9 nitrogen and oxygen atoms in total. The van der Waals surface area contributed by atoms with Crippen LogP contribution in [0.25, 0.3) is 16.7 Å². The van der Waals surface area contributed by atoms with Gasteiger partial charge < -0.3 is 14.2 Å². The van der Waals surface area contributed by atoms with Gasteiger partial charge in [0.15, 0.2) is 17.1 Å². The third kappa shape index (κ3) is 3.08. The number of aryl methyl sites for hydroxylation is 1. The average Bonchev–Trinajstić information content (AvgIpc) is 3.31. The second-order valence-electron chi connectivity index (χ2n) is 7.55. The lowest BCUT2D eigenvalue weighted by molar-refractivity contribution is 0.0926. The molecule has 0 atom stereocenters. The average molecular weight is 479 g/mol. The number of benzene rings is 2. The van der Waals surface area contributed by atoms with E-state index in [9.17, 15) is 9.59 Å². The van der Waals surface area contributed by atoms with Crippen LogP contribution in [0.2, 0.25) is 5.02 Å². The van der Waals surface area contributed by atoms with E-state index in [4.69, 9.17) is 25.8 Å². The van der Waals surface area contributed by atoms with Crippen molar-refractivity contribution in [3.05, 3.63) is 64.4 Å². The fraction of sp³-hybridized carbons (Fsp3) is 0.167. The molecule has 3 heterocycles. The smallest absolute Gasteiger partial charge is 0.267 e. The number of rotatable bonds is 5. The Morgan fingerprint density at radius 1 is 0.882 bits per heavy atom. The lowest BCUT2D eigenvalue weighted by Gasteiger charge is -2.18. The first-order chi connectivity index (χ1) is 16.4. The second-order valence-corrected chi connectivity index (χ2v) is 7.98. The van der Waals surface area contributed by atoms with Gasteiger partial charge in [-0.3, -0.25) is 9.59 Å². The third-order valence-corrected chi connectivity index (χ3v) is 5.95. The van der Waals surface area contributed by atoms with Crippen LogP contribution in [-0.2, 0) is 0 Å². The highest BCUT2D eigenvalue weighted by molar-refractivity contribution is 6.37. The quantitative estimate of drug-likeness (QED) is 0.396. The number of fused-ring (bicyclic) bond motifs is 3. The van der Waals surface area contributed by atoms with E-state index in [1.54, 1.807) is 48.0 Å². The molecule has 0 fully saturated rings. The van der Waals surface area contributed by atoms with Crippen molar-refractivity contribution in [3.63, 3.8) is 0 Å². The Morgan fingerprint density at radius 3 is 2.12 bits per heavy atom. The van der Waals surface area contributed by atoms with Crippen molar-refractivity contribution in [3.8, 4) is 22.9 Å². The van der Waals surface area contributed by atoms with Gasteiger partial charge in [0.1, 0.15) is 0 Å². The molecule has 2 aromatic heterocycles. The summed E-state index contributed by atoms with van der Waals surface area (Å²) in [7, 11) is 4.41. The van der Waals surface area contributed by atoms with Crippen LogP contribution in [0.3, 0.4) is 0 Å². The number of hydrogen-bond acceptors (Lipinski definition) is 7. The number of halogens is 1. The van der Waals surface area contributed by atoms with E-state index in [1.807, 2.05) is 0 Å². The second kappa shape index (κ2) is 8.03. The molecule has 1 aliphatic heterocycles. The molecule has 0 aliphatic carbocycles. The number of methoxy groups -OCH3 is 3. The molecule has 1 aliphatic rings. The first-order valence-corrected chi connectivity index (χ1v) is 10.6. The lowest BCUT2D eigenvalue weighted by atomic mass is 10.1. The first-order valence-electron chi connectivity index (χ1n) is 10.2. The zero-order valence-electron chi connectivity index (χ0n) is 18.7. The zero-order chi connectivity index (χ0) is 24.1. The molecular formula is C24H19ClN4O5. The molecule has 2 aromatic carbocycles. The standard InChI is InChI=1S/C24H19ClN4O5/c1-12-19-20-16(11-26-22(19)29(27-12)14-7-5-13(25)6-8-14)23(30)28(24(20)31)15-9-17(32-2)21(34-4)18(10-15)33-3/h5-11H,1-4H3. The Labute approximate surface area is 199 Å². The van der Waals surface area contributed by atoms with Crippen molar-refractivity contribution in [2.45, 2.75) is 6.92 Å². The normalized spacial score (nSPS) is 12.9. The number of pyridine rings is 1. The van der Waals surface area contributed by atoms with Crippen LogP contribution in [0, 0.1) is 6.92 Å². The molecule has 172 valence electrons. The minimum atomic E-state index is -0.498. The minimum Gasteiger partial charge on any atom is -0.493 e. The molecule has 10 heteroatoms. The molecule has 0 unspecified atom stereocenters. The molecule has 0 saturated heterocycles. The Bertz CT molecular complexity index is 1450. The van der Waals surface area contributed by atoms with Crippen LogP contribution in [0.1, 0.15) is 26.4 Å². The summed E-state index contributed by atoms with van der Waals surface area (Å²) < 4.78 is 17.7. The van der Waals surface area contributed by atoms with Crippen LogP contribution >= 0.6 is 11.6 Å². The Hall–Kier alpha value is -4.11. The number of amides is 2. The number of ether oxygens (including phenoxy) is 3. The van der Waals surface area contributed by atoms with Crippen LogP contribution in [-0.4, -0.2) is 47.9 Å². The molecule has 0 bridgehead atoms. The molecule has 2 amide bonds. The number of carbonyl (C=O) groups excluding carboxylic acids is 2. The van der Waals surface area contributed by atoms with Crippen molar-refractivity contribution < 1.29 is 23.8 Å². The topological polar surface area (TPSA) is 95.8 Å². The van der Waals surface area contributed by atoms with E-state index in [0.29, 0.717) is 39.0 Å².